The highest BCUT2D eigenvalue weighted by Crippen LogP contribution is 2.45. The largest absolute Gasteiger partial charge is 0.494 e. The number of H-pyrrole nitrogens is 1. The number of pyridine rings is 1. The van der Waals surface area contributed by atoms with Gasteiger partial charge in [0.05, 0.1) is 28.4 Å². The fraction of sp³-hybridized carbons (Fsp3) is 0.263. The lowest BCUT2D eigenvalue weighted by Crippen LogP contribution is -2.42. The van der Waals surface area contributed by atoms with E-state index in [1.807, 2.05) is 64.1 Å². The number of carboxylic acid groups (broad SMARTS) is 1. The Morgan fingerprint density at radius 2 is 1.78 bits per heavy atom. The van der Waals surface area contributed by atoms with E-state index in [2.05, 4.69) is 26.7 Å². The van der Waals surface area contributed by atoms with Crippen LogP contribution in [0.5, 0.6) is 5.75 Å². The molecule has 0 bridgehead atoms. The van der Waals surface area contributed by atoms with Crippen molar-refractivity contribution in [2.75, 3.05) is 18.1 Å². The van der Waals surface area contributed by atoms with Gasteiger partial charge < -0.3 is 19.3 Å². The standard InChI is InChI=1S/C38H35Cl2N5O4/c1-19-15-26(16-20(2)34(19)40)49-14-6-7-27-28-10-11-29(39)33(32-22(4)42-43-23(32)5)35(28)45-21(3)18-44(37(46)36(27)45)25-9-13-30-24(17-25)8-12-31(41-30)38(47)48/h8-13,15-17,21H,6-7,14,18H2,1-5H3,(H,42,43)(H,47,48). The summed E-state index contributed by atoms with van der Waals surface area (Å²) < 4.78 is 8.33. The van der Waals surface area contributed by atoms with Crippen LogP contribution in [-0.4, -0.2) is 49.9 Å². The summed E-state index contributed by atoms with van der Waals surface area (Å²) in [6.45, 7) is 10.9. The van der Waals surface area contributed by atoms with Gasteiger partial charge in [-0.05, 0) is 107 Å². The number of aromatic nitrogens is 4. The molecule has 3 aromatic carbocycles. The molecule has 4 heterocycles. The highest BCUT2D eigenvalue weighted by molar-refractivity contribution is 6.35. The Morgan fingerprint density at radius 3 is 2.47 bits per heavy atom. The lowest BCUT2D eigenvalue weighted by atomic mass is 9.98. The molecular weight excluding hydrogens is 661 g/mol. The van der Waals surface area contributed by atoms with E-state index in [4.69, 9.17) is 27.9 Å². The number of carbonyl (C=O) groups excluding carboxylic acids is 1. The summed E-state index contributed by atoms with van der Waals surface area (Å²) in [6, 6.07) is 16.4. The first-order chi connectivity index (χ1) is 23.4. The second-order valence-electron chi connectivity index (χ2n) is 12.8. The first-order valence-corrected chi connectivity index (χ1v) is 16.9. The molecule has 0 saturated heterocycles. The molecule has 1 aliphatic rings. The summed E-state index contributed by atoms with van der Waals surface area (Å²) in [4.78, 5) is 32.3. The van der Waals surface area contributed by atoms with Crippen LogP contribution in [0.4, 0.5) is 5.69 Å². The Hall–Kier alpha value is -4.86. The summed E-state index contributed by atoms with van der Waals surface area (Å²) in [6.07, 6.45) is 1.27. The van der Waals surface area contributed by atoms with E-state index in [9.17, 15) is 14.7 Å². The molecule has 1 amide bonds. The Balaban J connectivity index is 1.32. The molecule has 0 radical (unpaired) electrons. The van der Waals surface area contributed by atoms with Gasteiger partial charge in [-0.2, -0.15) is 5.10 Å². The van der Waals surface area contributed by atoms with E-state index in [0.717, 1.165) is 66.3 Å². The van der Waals surface area contributed by atoms with E-state index in [1.165, 1.54) is 6.07 Å². The number of carboxylic acids is 1. The fourth-order valence-electron chi connectivity index (χ4n) is 7.14. The molecule has 0 saturated carbocycles. The van der Waals surface area contributed by atoms with Gasteiger partial charge in [-0.25, -0.2) is 9.78 Å². The number of carbonyl (C=O) groups is 2. The maximum Gasteiger partial charge on any atom is 0.354 e. The predicted molar refractivity (Wildman–Crippen MR) is 194 cm³/mol. The maximum atomic E-state index is 14.7. The smallest absolute Gasteiger partial charge is 0.354 e. The number of aromatic amines is 1. The summed E-state index contributed by atoms with van der Waals surface area (Å²) in [7, 11) is 0. The van der Waals surface area contributed by atoms with Crippen LogP contribution in [0, 0.1) is 27.7 Å². The minimum atomic E-state index is -1.09. The van der Waals surface area contributed by atoms with Crippen LogP contribution in [0.25, 0.3) is 32.9 Å². The van der Waals surface area contributed by atoms with Crippen molar-refractivity contribution in [3.8, 4) is 16.9 Å². The number of rotatable bonds is 8. The molecule has 7 rings (SSSR count). The predicted octanol–water partition coefficient (Wildman–Crippen LogP) is 9.05. The number of fused-ring (bicyclic) bond motifs is 4. The van der Waals surface area contributed by atoms with Gasteiger partial charge in [0, 0.05) is 50.9 Å². The van der Waals surface area contributed by atoms with Crippen molar-refractivity contribution in [1.29, 1.82) is 0 Å². The van der Waals surface area contributed by atoms with Crippen LogP contribution in [0.3, 0.4) is 0 Å². The lowest BCUT2D eigenvalue weighted by Gasteiger charge is -2.34. The van der Waals surface area contributed by atoms with Crippen LogP contribution >= 0.6 is 23.2 Å². The number of hydrogen-bond donors (Lipinski definition) is 2. The van der Waals surface area contributed by atoms with Crippen molar-refractivity contribution in [3.63, 3.8) is 0 Å². The first-order valence-electron chi connectivity index (χ1n) is 16.2. The molecule has 49 heavy (non-hydrogen) atoms. The topological polar surface area (TPSA) is 113 Å². The number of anilines is 1. The Kier molecular flexibility index (Phi) is 8.37. The summed E-state index contributed by atoms with van der Waals surface area (Å²) >= 11 is 13.4. The number of nitrogens with zero attached hydrogens (tertiary/aromatic N) is 4. The van der Waals surface area contributed by atoms with Crippen molar-refractivity contribution >= 4 is 62.6 Å². The molecule has 1 aliphatic heterocycles. The number of halogens is 2. The first kappa shape index (κ1) is 32.7. The minimum Gasteiger partial charge on any atom is -0.494 e. The normalized spacial score (nSPS) is 14.6. The van der Waals surface area contributed by atoms with Crippen molar-refractivity contribution in [2.24, 2.45) is 0 Å². The zero-order valence-electron chi connectivity index (χ0n) is 27.8. The van der Waals surface area contributed by atoms with Gasteiger partial charge in [0.15, 0.2) is 0 Å². The molecule has 3 aromatic heterocycles. The Morgan fingerprint density at radius 1 is 1.02 bits per heavy atom. The molecule has 0 aliphatic carbocycles. The third kappa shape index (κ3) is 5.60. The van der Waals surface area contributed by atoms with E-state index in [-0.39, 0.29) is 17.6 Å². The molecule has 2 N–H and O–H groups in total. The quantitative estimate of drug-likeness (QED) is 0.154. The SMILES string of the molecule is Cc1cc(OCCCc2c3n(c4c(-c5c(C)n[nH]c5C)c(Cl)ccc24)C(C)CN(c2ccc4nc(C(=O)O)ccc4c2)C3=O)cc(C)c1Cl. The average molecular weight is 697 g/mol. The molecule has 11 heteroatoms. The second-order valence-corrected chi connectivity index (χ2v) is 13.6. The van der Waals surface area contributed by atoms with Crippen LogP contribution in [-0.2, 0) is 6.42 Å². The van der Waals surface area contributed by atoms with Gasteiger partial charge in [-0.15, -0.1) is 0 Å². The van der Waals surface area contributed by atoms with E-state index in [0.29, 0.717) is 47.9 Å². The van der Waals surface area contributed by atoms with Gasteiger partial charge in [0.2, 0.25) is 0 Å². The summed E-state index contributed by atoms with van der Waals surface area (Å²) in [5.41, 5.74) is 9.16. The zero-order chi connectivity index (χ0) is 34.7. The Bertz CT molecular complexity index is 2280. The molecule has 6 aromatic rings. The summed E-state index contributed by atoms with van der Waals surface area (Å²) in [5.74, 6) is -0.443. The van der Waals surface area contributed by atoms with E-state index in [1.54, 1.807) is 17.0 Å². The van der Waals surface area contributed by atoms with Crippen molar-refractivity contribution in [1.82, 2.24) is 19.7 Å². The van der Waals surface area contributed by atoms with Crippen LogP contribution < -0.4 is 9.64 Å². The van der Waals surface area contributed by atoms with Crippen molar-refractivity contribution in [3.05, 3.63) is 104 Å². The highest BCUT2D eigenvalue weighted by Gasteiger charge is 2.36. The monoisotopic (exact) mass is 695 g/mol. The van der Waals surface area contributed by atoms with E-state index < -0.39 is 5.97 Å². The van der Waals surface area contributed by atoms with Gasteiger partial charge >= 0.3 is 5.97 Å². The van der Waals surface area contributed by atoms with Crippen LogP contribution in [0.15, 0.2) is 54.6 Å². The molecule has 1 unspecified atom stereocenters. The van der Waals surface area contributed by atoms with Gasteiger partial charge in [0.25, 0.3) is 5.91 Å². The fourth-order valence-corrected chi connectivity index (χ4v) is 7.49. The van der Waals surface area contributed by atoms with Gasteiger partial charge in [0.1, 0.15) is 17.1 Å². The summed E-state index contributed by atoms with van der Waals surface area (Å²) in [5, 5.41) is 20.0. The average Bonchev–Trinajstić information content (AvgIpc) is 3.59. The number of ether oxygens (including phenoxy) is 1. The van der Waals surface area contributed by atoms with E-state index >= 15 is 0 Å². The molecule has 1 atom stereocenters. The molecule has 9 nitrogen and oxygen atoms in total. The number of hydrogen-bond acceptors (Lipinski definition) is 5. The minimum absolute atomic E-state index is 0.0278. The van der Waals surface area contributed by atoms with Gasteiger partial charge in [-0.1, -0.05) is 35.3 Å². The third-order valence-electron chi connectivity index (χ3n) is 9.39. The number of aryl methyl sites for hydroxylation is 5. The number of aromatic carboxylic acids is 1. The maximum absolute atomic E-state index is 14.7. The van der Waals surface area contributed by atoms with Gasteiger partial charge in [-0.3, -0.25) is 9.89 Å². The molecule has 250 valence electrons. The molecule has 0 fully saturated rings. The number of nitrogens with one attached hydrogen (secondary N) is 1. The van der Waals surface area contributed by atoms with Crippen LogP contribution in [0.1, 0.15) is 68.4 Å². The van der Waals surface area contributed by atoms with Crippen LogP contribution in [0.2, 0.25) is 10.0 Å². The third-order valence-corrected chi connectivity index (χ3v) is 10.3. The zero-order valence-corrected chi connectivity index (χ0v) is 29.3. The molecular formula is C38H35Cl2N5O4. The number of amides is 1. The lowest BCUT2D eigenvalue weighted by molar-refractivity contribution is 0.0690. The molecule has 0 spiro atoms. The highest BCUT2D eigenvalue weighted by atomic mass is 35.5. The Labute approximate surface area is 293 Å². The van der Waals surface area contributed by atoms with Crippen molar-refractivity contribution < 1.29 is 19.4 Å². The number of benzene rings is 3. The second kappa shape index (κ2) is 12.5. The van der Waals surface area contributed by atoms with Crippen molar-refractivity contribution in [2.45, 2.75) is 53.5 Å².